The molecule has 0 aliphatic carbocycles. The molecule has 2 rings (SSSR count). The molecule has 2 aromatic rings. The first-order valence-corrected chi connectivity index (χ1v) is 10.2. The average Bonchev–Trinajstić information content (AvgIpc) is 2.99. The number of nitriles is 1. The van der Waals surface area contributed by atoms with Crippen LogP contribution in [0.15, 0.2) is 29.3 Å². The summed E-state index contributed by atoms with van der Waals surface area (Å²) in [5.41, 5.74) is -0.258. The van der Waals surface area contributed by atoms with Gasteiger partial charge in [0.1, 0.15) is 16.8 Å². The van der Waals surface area contributed by atoms with Crippen LogP contribution in [0.5, 0.6) is 5.75 Å². The lowest BCUT2D eigenvalue weighted by Gasteiger charge is -2.13. The van der Waals surface area contributed by atoms with Gasteiger partial charge < -0.3 is 19.7 Å². The van der Waals surface area contributed by atoms with Crippen LogP contribution in [0.3, 0.4) is 0 Å². The van der Waals surface area contributed by atoms with Crippen molar-refractivity contribution in [1.82, 2.24) is 4.57 Å². The minimum Gasteiger partial charge on any atom is -0.490 e. The van der Waals surface area contributed by atoms with E-state index in [-0.39, 0.29) is 40.6 Å². The van der Waals surface area contributed by atoms with Crippen LogP contribution in [0.25, 0.3) is 0 Å². The fourth-order valence-corrected chi connectivity index (χ4v) is 3.28. The second-order valence-corrected chi connectivity index (χ2v) is 7.82. The number of amides is 1. The molecule has 0 saturated heterocycles. The van der Waals surface area contributed by atoms with Crippen molar-refractivity contribution in [1.29, 1.82) is 5.26 Å². The van der Waals surface area contributed by atoms with Gasteiger partial charge in [0.15, 0.2) is 11.4 Å². The smallest absolute Gasteiger partial charge is 0.276 e. The van der Waals surface area contributed by atoms with Crippen LogP contribution in [-0.2, 0) is 17.1 Å². The van der Waals surface area contributed by atoms with E-state index in [2.05, 4.69) is 5.32 Å². The van der Waals surface area contributed by atoms with Gasteiger partial charge in [0.05, 0.1) is 18.3 Å². The molecule has 0 radical (unpaired) electrons. The van der Waals surface area contributed by atoms with Crippen molar-refractivity contribution in [2.24, 2.45) is 12.2 Å². The number of carbonyl (C=O) groups is 1. The number of aromatic nitrogens is 1. The molecule has 4 N–H and O–H groups in total. The summed E-state index contributed by atoms with van der Waals surface area (Å²) in [6.45, 7) is 1.73. The van der Waals surface area contributed by atoms with Crippen molar-refractivity contribution in [2.45, 2.75) is 30.8 Å². The molecule has 1 atom stereocenters. The van der Waals surface area contributed by atoms with E-state index in [4.69, 9.17) is 15.1 Å². The Bertz CT molecular complexity index is 1060. The first-order valence-electron chi connectivity index (χ1n) is 8.62. The summed E-state index contributed by atoms with van der Waals surface area (Å²) < 4.78 is 44.0. The molecule has 1 aromatic heterocycles. The van der Waals surface area contributed by atoms with E-state index in [0.717, 1.165) is 18.3 Å². The zero-order chi connectivity index (χ0) is 21.8. The molecule has 0 spiro atoms. The molecule has 0 fully saturated rings. The van der Waals surface area contributed by atoms with Gasteiger partial charge in [-0.25, -0.2) is 17.9 Å². The summed E-state index contributed by atoms with van der Waals surface area (Å²) in [7, 11) is -2.76. The molecule has 1 amide bonds. The zero-order valence-electron chi connectivity index (χ0n) is 15.8. The van der Waals surface area contributed by atoms with Gasteiger partial charge in [-0.2, -0.15) is 5.26 Å². The Hall–Kier alpha value is -2.94. The van der Waals surface area contributed by atoms with E-state index in [1.165, 1.54) is 17.7 Å². The molecule has 0 aliphatic heterocycles. The van der Waals surface area contributed by atoms with E-state index in [0.29, 0.717) is 6.42 Å². The Morgan fingerprint density at radius 2 is 2.17 bits per heavy atom. The topological polar surface area (TPSA) is 147 Å². The van der Waals surface area contributed by atoms with E-state index < -0.39 is 27.9 Å². The molecule has 0 saturated carbocycles. The van der Waals surface area contributed by atoms with Crippen molar-refractivity contribution in [3.63, 3.8) is 0 Å². The number of ether oxygens (including phenoxy) is 1. The number of hydrogen-bond donors (Lipinski definition) is 3. The Labute approximate surface area is 167 Å². The number of aliphatic hydroxyl groups is 1. The minimum absolute atomic E-state index is 0.0447. The Kier molecular flexibility index (Phi) is 6.97. The number of hydrogen-bond acceptors (Lipinski definition) is 6. The van der Waals surface area contributed by atoms with Crippen LogP contribution in [0, 0.1) is 17.1 Å². The first kappa shape index (κ1) is 22.4. The van der Waals surface area contributed by atoms with Gasteiger partial charge in [0, 0.05) is 25.4 Å². The number of nitrogens with zero attached hydrogens (tertiary/aromatic N) is 2. The third-order valence-electron chi connectivity index (χ3n) is 4.14. The second kappa shape index (κ2) is 9.04. The van der Waals surface area contributed by atoms with Crippen LogP contribution < -0.4 is 15.2 Å². The van der Waals surface area contributed by atoms with Crippen molar-refractivity contribution in [2.75, 3.05) is 11.9 Å². The van der Waals surface area contributed by atoms with Crippen molar-refractivity contribution < 1.29 is 27.4 Å². The molecular weight excluding hydrogens is 403 g/mol. The third-order valence-corrected chi connectivity index (χ3v) is 5.04. The van der Waals surface area contributed by atoms with Crippen LogP contribution in [0.2, 0.25) is 0 Å². The number of nitrogens with two attached hydrogens (primary N) is 1. The predicted octanol–water partition coefficient (Wildman–Crippen LogP) is 1.48. The number of aliphatic hydroxyl groups excluding tert-OH is 1. The summed E-state index contributed by atoms with van der Waals surface area (Å²) in [6, 6.07) is 5.10. The van der Waals surface area contributed by atoms with Gasteiger partial charge in [-0.05, 0) is 24.6 Å². The summed E-state index contributed by atoms with van der Waals surface area (Å²) in [5.74, 6) is -1.73. The quantitative estimate of drug-likeness (QED) is 0.585. The number of anilines is 1. The molecule has 156 valence electrons. The van der Waals surface area contributed by atoms with Gasteiger partial charge in [-0.1, -0.05) is 6.92 Å². The van der Waals surface area contributed by atoms with Gasteiger partial charge in [0.25, 0.3) is 5.91 Å². The Balaban J connectivity index is 2.38. The van der Waals surface area contributed by atoms with E-state index >= 15 is 0 Å². The largest absolute Gasteiger partial charge is 0.490 e. The highest BCUT2D eigenvalue weighted by Crippen LogP contribution is 2.30. The summed E-state index contributed by atoms with van der Waals surface area (Å²) in [4.78, 5) is 12.4. The Morgan fingerprint density at radius 1 is 1.48 bits per heavy atom. The minimum atomic E-state index is -4.20. The Morgan fingerprint density at radius 3 is 2.76 bits per heavy atom. The molecular formula is C18H21FN4O5S. The monoisotopic (exact) mass is 424 g/mol. The fraction of sp³-hybridized carbons (Fsp3) is 0.333. The van der Waals surface area contributed by atoms with Crippen LogP contribution in [0.4, 0.5) is 10.1 Å². The highest BCUT2D eigenvalue weighted by molar-refractivity contribution is 7.89. The van der Waals surface area contributed by atoms with E-state index in [1.807, 2.05) is 0 Å². The molecule has 1 heterocycles. The second-order valence-electron chi connectivity index (χ2n) is 6.29. The molecule has 11 heteroatoms. The maximum absolute atomic E-state index is 13.5. The molecule has 29 heavy (non-hydrogen) atoms. The maximum Gasteiger partial charge on any atom is 0.276 e. The number of nitrogens with one attached hydrogen (secondary N) is 1. The van der Waals surface area contributed by atoms with Gasteiger partial charge in [-0.15, -0.1) is 0 Å². The number of rotatable bonds is 8. The van der Waals surface area contributed by atoms with Crippen LogP contribution in [0.1, 0.15) is 35.8 Å². The van der Waals surface area contributed by atoms with E-state index in [9.17, 15) is 22.7 Å². The molecule has 0 bridgehead atoms. The molecule has 0 aliphatic rings. The van der Waals surface area contributed by atoms with Crippen LogP contribution >= 0.6 is 0 Å². The molecule has 1 unspecified atom stereocenters. The number of carbonyl (C=O) groups excluding carboxylic acids is 1. The summed E-state index contributed by atoms with van der Waals surface area (Å²) in [5, 5.41) is 26.3. The normalized spacial score (nSPS) is 12.3. The number of halogens is 1. The standard InChI is InChI=1S/C18H21FN4O5S/c1-3-13(24)6-7-28-17-15(29(21,26)27)10-23(2)16(17)18(25)22-12-4-5-14(19)11(8-12)9-20/h4-5,8,10,13,24H,3,6-7H2,1-2H3,(H,22,25)(H2,21,26,27). The van der Waals surface area contributed by atoms with E-state index in [1.54, 1.807) is 13.0 Å². The van der Waals surface area contributed by atoms with Crippen molar-refractivity contribution >= 4 is 21.6 Å². The maximum atomic E-state index is 13.5. The molecule has 1 aromatic carbocycles. The first-order chi connectivity index (χ1) is 13.6. The third kappa shape index (κ3) is 5.32. The number of sulfonamides is 1. The van der Waals surface area contributed by atoms with Gasteiger partial charge in [-0.3, -0.25) is 4.79 Å². The zero-order valence-corrected chi connectivity index (χ0v) is 16.7. The number of primary sulfonamides is 1. The lowest BCUT2D eigenvalue weighted by atomic mass is 10.2. The number of benzene rings is 1. The van der Waals surface area contributed by atoms with Crippen molar-refractivity contribution in [3.8, 4) is 11.8 Å². The summed E-state index contributed by atoms with van der Waals surface area (Å²) in [6.07, 6.45) is 1.21. The van der Waals surface area contributed by atoms with Crippen molar-refractivity contribution in [3.05, 3.63) is 41.5 Å². The lowest BCUT2D eigenvalue weighted by Crippen LogP contribution is -2.19. The lowest BCUT2D eigenvalue weighted by molar-refractivity contribution is 0.101. The number of aryl methyl sites for hydroxylation is 1. The average molecular weight is 424 g/mol. The fourth-order valence-electron chi connectivity index (χ4n) is 2.56. The summed E-state index contributed by atoms with van der Waals surface area (Å²) >= 11 is 0. The van der Waals surface area contributed by atoms with Gasteiger partial charge in [0.2, 0.25) is 10.0 Å². The highest BCUT2D eigenvalue weighted by Gasteiger charge is 2.28. The predicted molar refractivity (Wildman–Crippen MR) is 102 cm³/mol. The highest BCUT2D eigenvalue weighted by atomic mass is 32.2. The SMILES string of the molecule is CCC(O)CCOc1c(S(N)(=O)=O)cn(C)c1C(=O)Nc1ccc(F)c(C#N)c1. The molecule has 9 nitrogen and oxygen atoms in total. The van der Waals surface area contributed by atoms with Crippen LogP contribution in [-0.4, -0.2) is 36.7 Å². The van der Waals surface area contributed by atoms with Gasteiger partial charge >= 0.3 is 0 Å².